The van der Waals surface area contributed by atoms with Gasteiger partial charge in [0.2, 0.25) is 0 Å². The highest BCUT2D eigenvalue weighted by Crippen LogP contribution is 2.30. The van der Waals surface area contributed by atoms with Crippen LogP contribution in [0.3, 0.4) is 0 Å². The number of rotatable bonds is 4. The largest absolute Gasteiger partial charge is 0.490 e. The predicted octanol–water partition coefficient (Wildman–Crippen LogP) is 2.03. The molecule has 18 heavy (non-hydrogen) atoms. The van der Waals surface area contributed by atoms with Crippen LogP contribution in [0.2, 0.25) is 0 Å². The van der Waals surface area contributed by atoms with Crippen LogP contribution in [0, 0.1) is 0 Å². The van der Waals surface area contributed by atoms with Gasteiger partial charge in [-0.1, -0.05) is 13.8 Å². The predicted molar refractivity (Wildman–Crippen MR) is 69.5 cm³/mol. The van der Waals surface area contributed by atoms with E-state index in [1.807, 2.05) is 19.9 Å². The van der Waals surface area contributed by atoms with Crippen LogP contribution in [0.1, 0.15) is 30.6 Å². The lowest BCUT2D eigenvalue weighted by molar-refractivity contribution is 0.0988. The third-order valence-corrected chi connectivity index (χ3v) is 2.74. The average Bonchev–Trinajstić information content (AvgIpc) is 2.60. The zero-order valence-electron chi connectivity index (χ0n) is 10.9. The summed E-state index contributed by atoms with van der Waals surface area (Å²) in [5.74, 6) is 1.46. The van der Waals surface area contributed by atoms with Crippen LogP contribution in [0.15, 0.2) is 18.2 Å². The van der Waals surface area contributed by atoms with Crippen molar-refractivity contribution >= 4 is 5.78 Å². The Labute approximate surface area is 107 Å². The van der Waals surface area contributed by atoms with E-state index in [0.717, 1.165) is 12.2 Å². The minimum atomic E-state index is 0.0688. The Morgan fingerprint density at radius 1 is 1.28 bits per heavy atom. The Morgan fingerprint density at radius 2 is 2.00 bits per heavy atom. The van der Waals surface area contributed by atoms with E-state index < -0.39 is 0 Å². The van der Waals surface area contributed by atoms with Crippen molar-refractivity contribution in [1.82, 2.24) is 5.32 Å². The maximum Gasteiger partial charge on any atom is 0.176 e. The van der Waals surface area contributed by atoms with Crippen LogP contribution in [0.25, 0.3) is 0 Å². The molecule has 0 aliphatic carbocycles. The van der Waals surface area contributed by atoms with Crippen molar-refractivity contribution in [2.24, 2.45) is 0 Å². The number of benzene rings is 1. The van der Waals surface area contributed by atoms with Gasteiger partial charge in [0.15, 0.2) is 17.3 Å². The lowest BCUT2D eigenvalue weighted by Crippen LogP contribution is -2.29. The van der Waals surface area contributed by atoms with Crippen molar-refractivity contribution < 1.29 is 14.3 Å². The first-order chi connectivity index (χ1) is 8.66. The second-order valence-electron chi connectivity index (χ2n) is 4.67. The molecule has 1 aromatic rings. The quantitative estimate of drug-likeness (QED) is 0.829. The van der Waals surface area contributed by atoms with Gasteiger partial charge in [-0.05, 0) is 18.2 Å². The van der Waals surface area contributed by atoms with Crippen LogP contribution in [-0.4, -0.2) is 31.6 Å². The molecule has 0 amide bonds. The molecule has 1 aromatic carbocycles. The van der Waals surface area contributed by atoms with Gasteiger partial charge in [-0.25, -0.2) is 0 Å². The summed E-state index contributed by atoms with van der Waals surface area (Å²) in [6, 6.07) is 5.67. The number of ether oxygens (including phenoxy) is 2. The zero-order chi connectivity index (χ0) is 13.0. The summed E-state index contributed by atoms with van der Waals surface area (Å²) in [5, 5.41) is 3.11. The Balaban J connectivity index is 2.10. The van der Waals surface area contributed by atoms with Gasteiger partial charge in [0.25, 0.3) is 0 Å². The van der Waals surface area contributed by atoms with E-state index in [9.17, 15) is 4.79 Å². The molecule has 0 spiro atoms. The van der Waals surface area contributed by atoms with E-state index >= 15 is 0 Å². The van der Waals surface area contributed by atoms with Crippen molar-refractivity contribution in [2.45, 2.75) is 26.3 Å². The molecule has 0 fully saturated rings. The summed E-state index contributed by atoms with van der Waals surface area (Å²) in [5.41, 5.74) is 0.660. The SMILES string of the molecule is CC(C)NCC(=O)c1ccc2c(c1)OCCCO2. The highest BCUT2D eigenvalue weighted by atomic mass is 16.5. The van der Waals surface area contributed by atoms with E-state index in [1.165, 1.54) is 0 Å². The summed E-state index contributed by atoms with van der Waals surface area (Å²) < 4.78 is 11.1. The highest BCUT2D eigenvalue weighted by molar-refractivity contribution is 5.98. The number of Topliss-reactive ketones (excluding diaryl/α,β-unsaturated/α-hetero) is 1. The monoisotopic (exact) mass is 249 g/mol. The molecule has 0 radical (unpaired) electrons. The van der Waals surface area contributed by atoms with Crippen LogP contribution >= 0.6 is 0 Å². The second-order valence-corrected chi connectivity index (χ2v) is 4.67. The Kier molecular flexibility index (Phi) is 4.20. The lowest BCUT2D eigenvalue weighted by atomic mass is 10.1. The van der Waals surface area contributed by atoms with Crippen molar-refractivity contribution in [2.75, 3.05) is 19.8 Å². The minimum Gasteiger partial charge on any atom is -0.490 e. The van der Waals surface area contributed by atoms with Crippen molar-refractivity contribution in [3.8, 4) is 11.5 Å². The Bertz CT molecular complexity index is 429. The fourth-order valence-corrected chi connectivity index (χ4v) is 1.74. The van der Waals surface area contributed by atoms with Gasteiger partial charge >= 0.3 is 0 Å². The molecule has 1 aliphatic heterocycles. The zero-order valence-corrected chi connectivity index (χ0v) is 10.9. The maximum atomic E-state index is 12.0. The second kappa shape index (κ2) is 5.87. The third-order valence-electron chi connectivity index (χ3n) is 2.74. The number of carbonyl (C=O) groups is 1. The molecule has 0 saturated heterocycles. The van der Waals surface area contributed by atoms with Gasteiger partial charge in [-0.15, -0.1) is 0 Å². The molecular formula is C14H19NO3. The standard InChI is InChI=1S/C14H19NO3/c1-10(2)15-9-12(16)11-4-5-13-14(8-11)18-7-3-6-17-13/h4-5,8,10,15H,3,6-7,9H2,1-2H3. The summed E-state index contributed by atoms with van der Waals surface area (Å²) in [4.78, 5) is 12.0. The fraction of sp³-hybridized carbons (Fsp3) is 0.500. The van der Waals surface area contributed by atoms with E-state index in [2.05, 4.69) is 5.32 Å². The van der Waals surface area contributed by atoms with E-state index in [0.29, 0.717) is 37.1 Å². The molecule has 0 aromatic heterocycles. The molecule has 1 N–H and O–H groups in total. The smallest absolute Gasteiger partial charge is 0.176 e. The Hall–Kier alpha value is -1.55. The van der Waals surface area contributed by atoms with Crippen LogP contribution < -0.4 is 14.8 Å². The first-order valence-corrected chi connectivity index (χ1v) is 6.33. The van der Waals surface area contributed by atoms with Gasteiger partial charge in [-0.2, -0.15) is 0 Å². The Morgan fingerprint density at radius 3 is 2.72 bits per heavy atom. The number of hydrogen-bond donors (Lipinski definition) is 1. The van der Waals surface area contributed by atoms with Gasteiger partial charge in [-0.3, -0.25) is 4.79 Å². The lowest BCUT2D eigenvalue weighted by Gasteiger charge is -2.10. The molecule has 1 heterocycles. The number of fused-ring (bicyclic) bond motifs is 1. The molecule has 0 bridgehead atoms. The number of hydrogen-bond acceptors (Lipinski definition) is 4. The topological polar surface area (TPSA) is 47.6 Å². The van der Waals surface area contributed by atoms with E-state index in [4.69, 9.17) is 9.47 Å². The number of carbonyl (C=O) groups excluding carboxylic acids is 1. The first-order valence-electron chi connectivity index (χ1n) is 6.33. The maximum absolute atomic E-state index is 12.0. The van der Waals surface area contributed by atoms with E-state index in [-0.39, 0.29) is 5.78 Å². The van der Waals surface area contributed by atoms with Crippen molar-refractivity contribution in [1.29, 1.82) is 0 Å². The van der Waals surface area contributed by atoms with Crippen molar-refractivity contribution in [3.05, 3.63) is 23.8 Å². The fourth-order valence-electron chi connectivity index (χ4n) is 1.74. The van der Waals surface area contributed by atoms with Gasteiger partial charge < -0.3 is 14.8 Å². The van der Waals surface area contributed by atoms with Crippen molar-refractivity contribution in [3.63, 3.8) is 0 Å². The molecular weight excluding hydrogens is 230 g/mol. The molecule has 4 nitrogen and oxygen atoms in total. The summed E-state index contributed by atoms with van der Waals surface area (Å²) >= 11 is 0. The molecule has 4 heteroatoms. The van der Waals surface area contributed by atoms with Crippen LogP contribution in [-0.2, 0) is 0 Å². The van der Waals surface area contributed by atoms with Gasteiger partial charge in [0.1, 0.15) is 0 Å². The van der Waals surface area contributed by atoms with Crippen LogP contribution in [0.5, 0.6) is 11.5 Å². The average molecular weight is 249 g/mol. The molecule has 98 valence electrons. The first kappa shape index (κ1) is 12.9. The summed E-state index contributed by atoms with van der Waals surface area (Å²) in [7, 11) is 0. The minimum absolute atomic E-state index is 0.0688. The normalized spacial score (nSPS) is 14.4. The molecule has 2 rings (SSSR count). The number of ketones is 1. The summed E-state index contributed by atoms with van der Waals surface area (Å²) in [6.07, 6.45) is 0.868. The molecule has 1 aliphatic rings. The van der Waals surface area contributed by atoms with Crippen LogP contribution in [0.4, 0.5) is 0 Å². The molecule has 0 unspecified atom stereocenters. The highest BCUT2D eigenvalue weighted by Gasteiger charge is 2.14. The summed E-state index contributed by atoms with van der Waals surface area (Å²) in [6.45, 7) is 5.67. The van der Waals surface area contributed by atoms with Gasteiger partial charge in [0.05, 0.1) is 19.8 Å². The molecule has 0 atom stereocenters. The molecule has 0 saturated carbocycles. The van der Waals surface area contributed by atoms with E-state index in [1.54, 1.807) is 12.1 Å². The number of nitrogens with one attached hydrogen (secondary N) is 1. The van der Waals surface area contributed by atoms with Gasteiger partial charge in [0, 0.05) is 18.0 Å². The third kappa shape index (κ3) is 3.23.